The number of ether oxygens (including phenoxy) is 1. The number of allylic oxidation sites excluding steroid dienone is 5. The highest BCUT2D eigenvalue weighted by Crippen LogP contribution is 2.37. The first-order valence-corrected chi connectivity index (χ1v) is 7.99. The highest BCUT2D eigenvalue weighted by molar-refractivity contribution is 6.27. The molecule has 24 heavy (non-hydrogen) atoms. The monoisotopic (exact) mass is 324 g/mol. The fourth-order valence-corrected chi connectivity index (χ4v) is 2.97. The zero-order valence-corrected chi connectivity index (χ0v) is 14.1. The summed E-state index contributed by atoms with van der Waals surface area (Å²) in [4.78, 5) is 25.3. The molecule has 4 nitrogen and oxygen atoms in total. The van der Waals surface area contributed by atoms with Crippen LogP contribution in [0.1, 0.15) is 54.3 Å². The SMILES string of the molecule is CC(C)=CCCC1(C)C=CC2=C(O1)C(=O)c1cc(O)ccc1C2=O. The van der Waals surface area contributed by atoms with Crippen molar-refractivity contribution in [3.05, 3.63) is 64.5 Å². The standard InChI is InChI=1S/C20H20O4/c1-12(2)5-4-9-20(3)10-8-15-17(22)14-7-6-13(21)11-16(14)18(23)19(15)24-20/h5-8,10-11,21H,4,9H2,1-3H3. The largest absolute Gasteiger partial charge is 0.508 e. The fourth-order valence-electron chi connectivity index (χ4n) is 2.97. The van der Waals surface area contributed by atoms with Gasteiger partial charge in [-0.25, -0.2) is 0 Å². The van der Waals surface area contributed by atoms with Crippen LogP contribution in [0.4, 0.5) is 0 Å². The summed E-state index contributed by atoms with van der Waals surface area (Å²) in [5.74, 6) is -0.563. The molecule has 124 valence electrons. The second-order valence-corrected chi connectivity index (χ2v) is 6.70. The topological polar surface area (TPSA) is 63.6 Å². The van der Waals surface area contributed by atoms with Gasteiger partial charge in [0.05, 0.1) is 5.57 Å². The Morgan fingerprint density at radius 3 is 2.67 bits per heavy atom. The van der Waals surface area contributed by atoms with Gasteiger partial charge in [0.15, 0.2) is 11.5 Å². The Morgan fingerprint density at radius 1 is 1.21 bits per heavy atom. The van der Waals surface area contributed by atoms with E-state index in [1.54, 1.807) is 6.08 Å². The molecular formula is C20H20O4. The second kappa shape index (κ2) is 5.78. The van der Waals surface area contributed by atoms with Gasteiger partial charge in [-0.05, 0) is 64.0 Å². The number of hydrogen-bond donors (Lipinski definition) is 1. The van der Waals surface area contributed by atoms with Gasteiger partial charge >= 0.3 is 0 Å². The fraction of sp³-hybridized carbons (Fsp3) is 0.300. The molecule has 1 N–H and O–H groups in total. The van der Waals surface area contributed by atoms with E-state index in [1.807, 2.05) is 26.8 Å². The molecule has 1 atom stereocenters. The summed E-state index contributed by atoms with van der Waals surface area (Å²) in [7, 11) is 0. The number of Topliss-reactive ketones (excluding diaryl/α,β-unsaturated/α-hetero) is 2. The molecule has 1 aliphatic heterocycles. The Morgan fingerprint density at radius 2 is 1.96 bits per heavy atom. The van der Waals surface area contributed by atoms with Gasteiger partial charge in [-0.15, -0.1) is 0 Å². The van der Waals surface area contributed by atoms with E-state index in [9.17, 15) is 14.7 Å². The van der Waals surface area contributed by atoms with E-state index in [1.165, 1.54) is 23.8 Å². The van der Waals surface area contributed by atoms with Crippen molar-refractivity contribution in [2.24, 2.45) is 0 Å². The third kappa shape index (κ3) is 2.80. The number of fused-ring (bicyclic) bond motifs is 1. The third-order valence-corrected chi connectivity index (χ3v) is 4.32. The maximum atomic E-state index is 12.7. The van der Waals surface area contributed by atoms with E-state index in [4.69, 9.17) is 4.74 Å². The van der Waals surface area contributed by atoms with Crippen molar-refractivity contribution in [1.29, 1.82) is 0 Å². The zero-order valence-electron chi connectivity index (χ0n) is 14.1. The molecule has 2 aliphatic rings. The molecule has 1 aliphatic carbocycles. The Hall–Kier alpha value is -2.62. The van der Waals surface area contributed by atoms with Crippen LogP contribution in [0.5, 0.6) is 5.75 Å². The van der Waals surface area contributed by atoms with Crippen LogP contribution in [0.15, 0.2) is 53.3 Å². The van der Waals surface area contributed by atoms with Crippen LogP contribution in [0.3, 0.4) is 0 Å². The lowest BCUT2D eigenvalue weighted by Gasteiger charge is -2.34. The molecule has 1 heterocycles. The van der Waals surface area contributed by atoms with Crippen LogP contribution in [-0.2, 0) is 4.74 Å². The second-order valence-electron chi connectivity index (χ2n) is 6.70. The van der Waals surface area contributed by atoms with E-state index in [2.05, 4.69) is 6.08 Å². The number of phenolic OH excluding ortho intramolecular Hbond substituents is 1. The molecule has 1 unspecified atom stereocenters. The molecule has 0 saturated heterocycles. The molecule has 1 aromatic rings. The molecule has 0 saturated carbocycles. The van der Waals surface area contributed by atoms with Gasteiger partial charge in [-0.1, -0.05) is 11.6 Å². The molecule has 0 aromatic heterocycles. The number of phenols is 1. The summed E-state index contributed by atoms with van der Waals surface area (Å²) >= 11 is 0. The van der Waals surface area contributed by atoms with Gasteiger partial charge in [-0.3, -0.25) is 9.59 Å². The summed E-state index contributed by atoms with van der Waals surface area (Å²) in [5, 5.41) is 9.62. The molecule has 0 spiro atoms. The smallest absolute Gasteiger partial charge is 0.229 e. The van der Waals surface area contributed by atoms with Gasteiger partial charge in [0, 0.05) is 11.1 Å². The number of ketones is 2. The minimum absolute atomic E-state index is 0.0448. The Balaban J connectivity index is 1.92. The maximum absolute atomic E-state index is 12.7. The summed E-state index contributed by atoms with van der Waals surface area (Å²) < 4.78 is 5.95. The van der Waals surface area contributed by atoms with Crippen LogP contribution in [-0.4, -0.2) is 22.3 Å². The van der Waals surface area contributed by atoms with Crippen molar-refractivity contribution in [2.75, 3.05) is 0 Å². The summed E-state index contributed by atoms with van der Waals surface area (Å²) in [6.07, 6.45) is 7.19. The number of aromatic hydroxyl groups is 1. The van der Waals surface area contributed by atoms with E-state index in [0.717, 1.165) is 6.42 Å². The highest BCUT2D eigenvalue weighted by Gasteiger charge is 2.39. The highest BCUT2D eigenvalue weighted by atomic mass is 16.5. The summed E-state index contributed by atoms with van der Waals surface area (Å²) in [5.41, 5.74) is 1.39. The van der Waals surface area contributed by atoms with Crippen molar-refractivity contribution in [3.63, 3.8) is 0 Å². The van der Waals surface area contributed by atoms with Crippen LogP contribution in [0.25, 0.3) is 0 Å². The molecule has 4 heteroatoms. The molecule has 3 rings (SSSR count). The van der Waals surface area contributed by atoms with Crippen LogP contribution in [0.2, 0.25) is 0 Å². The number of rotatable bonds is 3. The van der Waals surface area contributed by atoms with E-state index in [-0.39, 0.29) is 34.2 Å². The average molecular weight is 324 g/mol. The average Bonchev–Trinajstić information content (AvgIpc) is 2.52. The molecular weight excluding hydrogens is 304 g/mol. The van der Waals surface area contributed by atoms with Gasteiger partial charge in [0.1, 0.15) is 11.4 Å². The van der Waals surface area contributed by atoms with Crippen LogP contribution < -0.4 is 0 Å². The van der Waals surface area contributed by atoms with E-state index >= 15 is 0 Å². The van der Waals surface area contributed by atoms with Crippen LogP contribution in [0, 0.1) is 0 Å². The minimum Gasteiger partial charge on any atom is -0.508 e. The molecule has 1 aromatic carbocycles. The number of carbonyl (C=O) groups is 2. The Kier molecular flexibility index (Phi) is 3.91. The number of benzene rings is 1. The first kappa shape index (κ1) is 16.2. The first-order chi connectivity index (χ1) is 11.3. The van der Waals surface area contributed by atoms with Crippen molar-refractivity contribution in [2.45, 2.75) is 39.2 Å². The predicted molar refractivity (Wildman–Crippen MR) is 91.1 cm³/mol. The third-order valence-electron chi connectivity index (χ3n) is 4.32. The first-order valence-electron chi connectivity index (χ1n) is 7.99. The van der Waals surface area contributed by atoms with E-state index in [0.29, 0.717) is 12.0 Å². The minimum atomic E-state index is -0.630. The van der Waals surface area contributed by atoms with Gasteiger partial charge in [-0.2, -0.15) is 0 Å². The molecule has 0 bridgehead atoms. The van der Waals surface area contributed by atoms with Crippen molar-refractivity contribution >= 4 is 11.6 Å². The maximum Gasteiger partial charge on any atom is 0.229 e. The van der Waals surface area contributed by atoms with Crippen molar-refractivity contribution in [3.8, 4) is 5.75 Å². The summed E-state index contributed by atoms with van der Waals surface area (Å²) in [6, 6.07) is 4.21. The lowest BCUT2D eigenvalue weighted by atomic mass is 9.84. The quantitative estimate of drug-likeness (QED) is 0.850. The molecule has 0 amide bonds. The van der Waals surface area contributed by atoms with Crippen molar-refractivity contribution in [1.82, 2.24) is 0 Å². The zero-order chi connectivity index (χ0) is 17.5. The van der Waals surface area contributed by atoms with Gasteiger partial charge < -0.3 is 9.84 Å². The van der Waals surface area contributed by atoms with E-state index < -0.39 is 5.60 Å². The molecule has 0 fully saturated rings. The van der Waals surface area contributed by atoms with Crippen molar-refractivity contribution < 1.29 is 19.4 Å². The van der Waals surface area contributed by atoms with Gasteiger partial charge in [0.2, 0.25) is 5.78 Å². The van der Waals surface area contributed by atoms with Gasteiger partial charge in [0.25, 0.3) is 0 Å². The normalized spacial score (nSPS) is 22.0. The lowest BCUT2D eigenvalue weighted by Crippen LogP contribution is -2.34. The lowest BCUT2D eigenvalue weighted by molar-refractivity contribution is 0.0395. The predicted octanol–water partition coefficient (Wildman–Crippen LogP) is 4.12. The number of carbonyl (C=O) groups excluding carboxylic acids is 2. The summed E-state index contributed by atoms with van der Waals surface area (Å²) in [6.45, 7) is 5.97. The Labute approximate surface area is 141 Å². The Bertz CT molecular complexity index is 822. The van der Waals surface area contributed by atoms with Crippen LogP contribution >= 0.6 is 0 Å². The molecule has 0 radical (unpaired) electrons. The number of hydrogen-bond acceptors (Lipinski definition) is 4.